The Kier molecular flexibility index (Phi) is 13.8. The lowest BCUT2D eigenvalue weighted by Crippen LogP contribution is -2.32. The van der Waals surface area contributed by atoms with Crippen molar-refractivity contribution in [2.45, 2.75) is 32.2 Å². The van der Waals surface area contributed by atoms with Crippen LogP contribution in [-0.2, 0) is 23.7 Å². The predicted octanol–water partition coefficient (Wildman–Crippen LogP) is 1.57. The highest BCUT2D eigenvalue weighted by Gasteiger charge is 2.21. The lowest BCUT2D eigenvalue weighted by atomic mass is 10.2. The quantitative estimate of drug-likeness (QED) is 0.400. The number of nitrogens with zero attached hydrogens (tertiary/aromatic N) is 1. The molecule has 1 fully saturated rings. The summed E-state index contributed by atoms with van der Waals surface area (Å²) in [5.74, 6) is 0. The molecule has 23 heavy (non-hydrogen) atoms. The zero-order chi connectivity index (χ0) is 16.6. The Morgan fingerprint density at radius 2 is 1.30 bits per heavy atom. The van der Waals surface area contributed by atoms with Crippen LogP contribution in [0.5, 0.6) is 0 Å². The Morgan fingerprint density at radius 1 is 0.783 bits per heavy atom. The van der Waals surface area contributed by atoms with Crippen LogP contribution < -0.4 is 0 Å². The zero-order valence-electron chi connectivity index (χ0n) is 15.0. The van der Waals surface area contributed by atoms with Crippen LogP contribution in [0.2, 0.25) is 0 Å². The molecule has 1 aliphatic heterocycles. The molecule has 6 heteroatoms. The van der Waals surface area contributed by atoms with E-state index in [-0.39, 0.29) is 0 Å². The molecule has 138 valence electrons. The smallest absolute Gasteiger partial charge is 0.0701 e. The minimum Gasteiger partial charge on any atom is -0.382 e. The third-order valence-electron chi connectivity index (χ3n) is 4.04. The third-order valence-corrected chi connectivity index (χ3v) is 4.04. The molecule has 1 rings (SSSR count). The SMILES string of the molecule is CCC1CCCN1CCOCCOCCOCCOCCOC. The molecule has 0 aromatic heterocycles. The molecular formula is C17H35NO5. The fraction of sp³-hybridized carbons (Fsp3) is 1.00. The van der Waals surface area contributed by atoms with Gasteiger partial charge in [-0.1, -0.05) is 6.92 Å². The van der Waals surface area contributed by atoms with Crippen molar-refractivity contribution in [2.75, 3.05) is 79.7 Å². The highest BCUT2D eigenvalue weighted by Crippen LogP contribution is 2.18. The number of methoxy groups -OCH3 is 1. The van der Waals surface area contributed by atoms with Crippen molar-refractivity contribution in [1.82, 2.24) is 4.90 Å². The van der Waals surface area contributed by atoms with Crippen molar-refractivity contribution in [3.8, 4) is 0 Å². The summed E-state index contributed by atoms with van der Waals surface area (Å²) in [7, 11) is 1.66. The first-order valence-electron chi connectivity index (χ1n) is 8.92. The van der Waals surface area contributed by atoms with E-state index >= 15 is 0 Å². The van der Waals surface area contributed by atoms with Crippen molar-refractivity contribution in [3.63, 3.8) is 0 Å². The summed E-state index contributed by atoms with van der Waals surface area (Å²) in [6.07, 6.45) is 3.93. The molecule has 0 aliphatic carbocycles. The summed E-state index contributed by atoms with van der Waals surface area (Å²) in [4.78, 5) is 2.55. The van der Waals surface area contributed by atoms with E-state index in [0.29, 0.717) is 52.9 Å². The average molecular weight is 333 g/mol. The van der Waals surface area contributed by atoms with Gasteiger partial charge in [-0.05, 0) is 25.8 Å². The average Bonchev–Trinajstić information content (AvgIpc) is 3.02. The van der Waals surface area contributed by atoms with Crippen LogP contribution in [0.4, 0.5) is 0 Å². The third kappa shape index (κ3) is 11.0. The van der Waals surface area contributed by atoms with Gasteiger partial charge in [0.2, 0.25) is 0 Å². The van der Waals surface area contributed by atoms with E-state index in [2.05, 4.69) is 11.8 Å². The molecule has 0 amide bonds. The molecular weight excluding hydrogens is 298 g/mol. The van der Waals surface area contributed by atoms with Crippen molar-refractivity contribution < 1.29 is 23.7 Å². The largest absolute Gasteiger partial charge is 0.382 e. The second kappa shape index (κ2) is 15.3. The first-order valence-corrected chi connectivity index (χ1v) is 8.92. The molecule has 1 aliphatic rings. The van der Waals surface area contributed by atoms with Gasteiger partial charge in [0, 0.05) is 19.7 Å². The number of hydrogen-bond donors (Lipinski definition) is 0. The van der Waals surface area contributed by atoms with E-state index in [1.54, 1.807) is 7.11 Å². The number of likely N-dealkylation sites (tertiary alicyclic amines) is 1. The number of ether oxygens (including phenoxy) is 5. The zero-order valence-corrected chi connectivity index (χ0v) is 15.0. The van der Waals surface area contributed by atoms with Crippen LogP contribution in [0.15, 0.2) is 0 Å². The first kappa shape index (κ1) is 20.8. The highest BCUT2D eigenvalue weighted by molar-refractivity contribution is 4.77. The predicted molar refractivity (Wildman–Crippen MR) is 90.0 cm³/mol. The molecule has 0 radical (unpaired) electrons. The normalized spacial score (nSPS) is 18.8. The van der Waals surface area contributed by atoms with Gasteiger partial charge in [-0.2, -0.15) is 0 Å². The standard InChI is InChI=1S/C17H35NO5/c1-3-17-5-4-6-18(17)7-8-20-11-12-22-15-16-23-14-13-21-10-9-19-2/h17H,3-16H2,1-2H3. The van der Waals surface area contributed by atoms with E-state index in [9.17, 15) is 0 Å². The van der Waals surface area contributed by atoms with Crippen LogP contribution in [0.25, 0.3) is 0 Å². The number of rotatable bonds is 16. The lowest BCUT2D eigenvalue weighted by Gasteiger charge is -2.22. The Morgan fingerprint density at radius 3 is 1.83 bits per heavy atom. The van der Waals surface area contributed by atoms with E-state index in [0.717, 1.165) is 19.2 Å². The molecule has 1 atom stereocenters. The second-order valence-electron chi connectivity index (χ2n) is 5.68. The fourth-order valence-electron chi connectivity index (χ4n) is 2.74. The molecule has 1 saturated heterocycles. The molecule has 0 saturated carbocycles. The lowest BCUT2D eigenvalue weighted by molar-refractivity contribution is -0.00948. The van der Waals surface area contributed by atoms with Gasteiger partial charge in [0.1, 0.15) is 0 Å². The molecule has 0 aromatic rings. The first-order chi connectivity index (χ1) is 11.4. The number of hydrogen-bond acceptors (Lipinski definition) is 6. The maximum absolute atomic E-state index is 5.63. The Hall–Kier alpha value is -0.240. The van der Waals surface area contributed by atoms with Gasteiger partial charge in [-0.25, -0.2) is 0 Å². The minimum absolute atomic E-state index is 0.595. The van der Waals surface area contributed by atoms with Gasteiger partial charge in [0.15, 0.2) is 0 Å². The summed E-state index contributed by atoms with van der Waals surface area (Å²) < 4.78 is 26.7. The van der Waals surface area contributed by atoms with Crippen LogP contribution >= 0.6 is 0 Å². The van der Waals surface area contributed by atoms with Gasteiger partial charge in [0.05, 0.1) is 59.5 Å². The molecule has 0 spiro atoms. The van der Waals surface area contributed by atoms with Crippen molar-refractivity contribution in [2.24, 2.45) is 0 Å². The molecule has 1 unspecified atom stereocenters. The molecule has 0 N–H and O–H groups in total. The monoisotopic (exact) mass is 333 g/mol. The Bertz CT molecular complexity index is 255. The Labute approximate surface area is 141 Å². The summed E-state index contributed by atoms with van der Waals surface area (Å²) in [6.45, 7) is 10.3. The van der Waals surface area contributed by atoms with Gasteiger partial charge < -0.3 is 23.7 Å². The highest BCUT2D eigenvalue weighted by atomic mass is 16.6. The van der Waals surface area contributed by atoms with Crippen molar-refractivity contribution in [3.05, 3.63) is 0 Å². The van der Waals surface area contributed by atoms with Crippen LogP contribution in [-0.4, -0.2) is 90.6 Å². The van der Waals surface area contributed by atoms with Gasteiger partial charge in [0.25, 0.3) is 0 Å². The second-order valence-corrected chi connectivity index (χ2v) is 5.68. The molecule has 0 bridgehead atoms. The summed E-state index contributed by atoms with van der Waals surface area (Å²) >= 11 is 0. The Balaban J connectivity index is 1.73. The van der Waals surface area contributed by atoms with Crippen molar-refractivity contribution in [1.29, 1.82) is 0 Å². The summed E-state index contributed by atoms with van der Waals surface area (Å²) in [6, 6.07) is 0.769. The van der Waals surface area contributed by atoms with Crippen LogP contribution in [0.3, 0.4) is 0 Å². The van der Waals surface area contributed by atoms with Crippen LogP contribution in [0, 0.1) is 0 Å². The van der Waals surface area contributed by atoms with Crippen molar-refractivity contribution >= 4 is 0 Å². The van der Waals surface area contributed by atoms with Crippen LogP contribution in [0.1, 0.15) is 26.2 Å². The topological polar surface area (TPSA) is 49.4 Å². The van der Waals surface area contributed by atoms with Gasteiger partial charge in [-0.3, -0.25) is 4.90 Å². The van der Waals surface area contributed by atoms with E-state index in [4.69, 9.17) is 23.7 Å². The van der Waals surface area contributed by atoms with Gasteiger partial charge >= 0.3 is 0 Å². The minimum atomic E-state index is 0.595. The molecule has 1 heterocycles. The van der Waals surface area contributed by atoms with E-state index in [1.807, 2.05) is 0 Å². The maximum atomic E-state index is 5.63. The van der Waals surface area contributed by atoms with E-state index in [1.165, 1.54) is 25.8 Å². The fourth-order valence-corrected chi connectivity index (χ4v) is 2.74. The van der Waals surface area contributed by atoms with Gasteiger partial charge in [-0.15, -0.1) is 0 Å². The summed E-state index contributed by atoms with van der Waals surface area (Å²) in [5, 5.41) is 0. The summed E-state index contributed by atoms with van der Waals surface area (Å²) in [5.41, 5.74) is 0. The molecule has 0 aromatic carbocycles. The maximum Gasteiger partial charge on any atom is 0.0701 e. The molecule has 6 nitrogen and oxygen atoms in total. The van der Waals surface area contributed by atoms with E-state index < -0.39 is 0 Å².